The summed E-state index contributed by atoms with van der Waals surface area (Å²) in [4.78, 5) is 11.0. The molecule has 6 heteroatoms. The highest BCUT2D eigenvalue weighted by molar-refractivity contribution is 7.99. The lowest BCUT2D eigenvalue weighted by Gasteiger charge is -1.99. The molecule has 0 unspecified atom stereocenters. The van der Waals surface area contributed by atoms with E-state index in [4.69, 9.17) is 5.73 Å². The number of nitrogens with one attached hydrogen (secondary N) is 1. The fourth-order valence-electron chi connectivity index (χ4n) is 0.842. The molecular formula is C6H12N4OS. The predicted molar refractivity (Wildman–Crippen MR) is 48.3 cm³/mol. The molecule has 12 heavy (non-hydrogen) atoms. The monoisotopic (exact) mass is 188 g/mol. The minimum absolute atomic E-state index is 0.156. The van der Waals surface area contributed by atoms with E-state index in [0.717, 1.165) is 5.75 Å². The van der Waals surface area contributed by atoms with Crippen LogP contribution < -0.4 is 11.4 Å². The maximum Gasteiger partial charge on any atom is 0.343 e. The van der Waals surface area contributed by atoms with Crippen LogP contribution in [0.1, 0.15) is 6.92 Å². The number of aromatic amines is 1. The average Bonchev–Trinajstić information content (AvgIpc) is 2.43. The highest BCUT2D eigenvalue weighted by Crippen LogP contribution is 2.10. The number of H-pyrrole nitrogens is 1. The van der Waals surface area contributed by atoms with Gasteiger partial charge < -0.3 is 5.73 Å². The molecule has 0 aromatic carbocycles. The molecule has 0 fully saturated rings. The smallest absolute Gasteiger partial charge is 0.330 e. The Balaban J connectivity index is 2.77. The van der Waals surface area contributed by atoms with E-state index in [1.54, 1.807) is 4.57 Å². The first-order valence-electron chi connectivity index (χ1n) is 3.77. The van der Waals surface area contributed by atoms with Gasteiger partial charge >= 0.3 is 5.69 Å². The van der Waals surface area contributed by atoms with Gasteiger partial charge in [-0.25, -0.2) is 9.89 Å². The Bertz CT molecular complexity index is 292. The van der Waals surface area contributed by atoms with E-state index in [1.807, 2.05) is 6.92 Å². The van der Waals surface area contributed by atoms with E-state index in [9.17, 15) is 4.79 Å². The molecule has 5 nitrogen and oxygen atoms in total. The van der Waals surface area contributed by atoms with E-state index in [1.165, 1.54) is 11.8 Å². The van der Waals surface area contributed by atoms with Crippen LogP contribution in [0.4, 0.5) is 0 Å². The molecule has 3 N–H and O–H groups in total. The summed E-state index contributed by atoms with van der Waals surface area (Å²) in [7, 11) is 0. The van der Waals surface area contributed by atoms with Gasteiger partial charge in [0.05, 0.1) is 0 Å². The van der Waals surface area contributed by atoms with Crippen LogP contribution in [0.15, 0.2) is 9.95 Å². The minimum Gasteiger partial charge on any atom is -0.330 e. The van der Waals surface area contributed by atoms with E-state index in [0.29, 0.717) is 18.2 Å². The van der Waals surface area contributed by atoms with E-state index < -0.39 is 0 Å². The van der Waals surface area contributed by atoms with E-state index >= 15 is 0 Å². The second-order valence-electron chi connectivity index (χ2n) is 2.19. The molecule has 68 valence electrons. The normalized spacial score (nSPS) is 10.5. The molecule has 1 aromatic rings. The zero-order chi connectivity index (χ0) is 8.97. The third-order valence-corrected chi connectivity index (χ3v) is 2.40. The number of hydrogen-bond donors (Lipinski definition) is 2. The van der Waals surface area contributed by atoms with Crippen LogP contribution in [0.2, 0.25) is 0 Å². The van der Waals surface area contributed by atoms with Crippen molar-refractivity contribution in [2.45, 2.75) is 18.6 Å². The summed E-state index contributed by atoms with van der Waals surface area (Å²) in [6.45, 7) is 3.14. The molecule has 0 bridgehead atoms. The van der Waals surface area contributed by atoms with Crippen molar-refractivity contribution in [1.29, 1.82) is 0 Å². The first-order valence-corrected chi connectivity index (χ1v) is 4.76. The SMILES string of the molecule is CCn1c(SCCN)n[nH]c1=O. The lowest BCUT2D eigenvalue weighted by Crippen LogP contribution is -2.16. The first-order chi connectivity index (χ1) is 5.79. The second kappa shape index (κ2) is 4.32. The zero-order valence-electron chi connectivity index (χ0n) is 6.91. The molecule has 0 aliphatic carbocycles. The van der Waals surface area contributed by atoms with Gasteiger partial charge in [-0.05, 0) is 6.92 Å². The van der Waals surface area contributed by atoms with Gasteiger partial charge in [0.15, 0.2) is 5.16 Å². The first kappa shape index (κ1) is 9.34. The quantitative estimate of drug-likeness (QED) is 0.633. The van der Waals surface area contributed by atoms with Crippen molar-refractivity contribution in [1.82, 2.24) is 14.8 Å². The molecule has 1 rings (SSSR count). The summed E-state index contributed by atoms with van der Waals surface area (Å²) in [6, 6.07) is 0. The van der Waals surface area contributed by atoms with Crippen LogP contribution in [0.25, 0.3) is 0 Å². The van der Waals surface area contributed by atoms with Gasteiger partial charge in [-0.2, -0.15) is 0 Å². The van der Waals surface area contributed by atoms with Gasteiger partial charge in [-0.3, -0.25) is 4.57 Å². The summed E-state index contributed by atoms with van der Waals surface area (Å²) in [5.41, 5.74) is 5.17. The van der Waals surface area contributed by atoms with Crippen molar-refractivity contribution < 1.29 is 0 Å². The highest BCUT2D eigenvalue weighted by Gasteiger charge is 2.04. The average molecular weight is 188 g/mol. The molecule has 0 amide bonds. The molecule has 0 atom stereocenters. The number of nitrogens with zero attached hydrogens (tertiary/aromatic N) is 2. The molecule has 1 heterocycles. The summed E-state index contributed by atoms with van der Waals surface area (Å²) < 4.78 is 1.58. The van der Waals surface area contributed by atoms with Crippen LogP contribution in [0.5, 0.6) is 0 Å². The van der Waals surface area contributed by atoms with Crippen LogP contribution in [0, 0.1) is 0 Å². The summed E-state index contributed by atoms with van der Waals surface area (Å²) in [5, 5.41) is 6.97. The van der Waals surface area contributed by atoms with Crippen molar-refractivity contribution in [2.24, 2.45) is 5.73 Å². The Kier molecular flexibility index (Phi) is 3.36. The summed E-state index contributed by atoms with van der Waals surface area (Å²) in [5.74, 6) is 0.782. The van der Waals surface area contributed by atoms with Crippen molar-refractivity contribution in [3.63, 3.8) is 0 Å². The Labute approximate surface area is 74.3 Å². The topological polar surface area (TPSA) is 76.7 Å². The third-order valence-electron chi connectivity index (χ3n) is 1.39. The lowest BCUT2D eigenvalue weighted by molar-refractivity contribution is 0.660. The van der Waals surface area contributed by atoms with E-state index in [-0.39, 0.29) is 5.69 Å². The number of aromatic nitrogens is 3. The minimum atomic E-state index is -0.156. The Morgan fingerprint density at radius 1 is 1.75 bits per heavy atom. The maximum absolute atomic E-state index is 11.0. The van der Waals surface area contributed by atoms with Gasteiger partial charge in [0.2, 0.25) is 0 Å². The van der Waals surface area contributed by atoms with Crippen LogP contribution in [-0.4, -0.2) is 27.1 Å². The number of nitrogens with two attached hydrogens (primary N) is 1. The highest BCUT2D eigenvalue weighted by atomic mass is 32.2. The molecule has 0 saturated carbocycles. The van der Waals surface area contributed by atoms with Crippen LogP contribution >= 0.6 is 11.8 Å². The molecular weight excluding hydrogens is 176 g/mol. The van der Waals surface area contributed by atoms with E-state index in [2.05, 4.69) is 10.2 Å². The number of hydrogen-bond acceptors (Lipinski definition) is 4. The Hall–Kier alpha value is -0.750. The number of rotatable bonds is 4. The number of thioether (sulfide) groups is 1. The maximum atomic E-state index is 11.0. The van der Waals surface area contributed by atoms with Crippen molar-refractivity contribution >= 4 is 11.8 Å². The molecule has 0 radical (unpaired) electrons. The van der Waals surface area contributed by atoms with Gasteiger partial charge in [-0.1, -0.05) is 11.8 Å². The van der Waals surface area contributed by atoms with Crippen molar-refractivity contribution in [3.8, 4) is 0 Å². The second-order valence-corrected chi connectivity index (χ2v) is 3.25. The van der Waals surface area contributed by atoms with Gasteiger partial charge in [-0.15, -0.1) is 5.10 Å². The largest absolute Gasteiger partial charge is 0.343 e. The molecule has 0 saturated heterocycles. The zero-order valence-corrected chi connectivity index (χ0v) is 7.73. The van der Waals surface area contributed by atoms with Crippen molar-refractivity contribution in [3.05, 3.63) is 10.5 Å². The predicted octanol–water partition coefficient (Wildman–Crippen LogP) is -0.358. The van der Waals surface area contributed by atoms with Gasteiger partial charge in [0.25, 0.3) is 0 Å². The van der Waals surface area contributed by atoms with Gasteiger partial charge in [0, 0.05) is 18.8 Å². The Morgan fingerprint density at radius 3 is 3.08 bits per heavy atom. The fourth-order valence-corrected chi connectivity index (χ4v) is 1.62. The fraction of sp³-hybridized carbons (Fsp3) is 0.667. The molecule has 0 aliphatic heterocycles. The van der Waals surface area contributed by atoms with Crippen molar-refractivity contribution in [2.75, 3.05) is 12.3 Å². The Morgan fingerprint density at radius 2 is 2.50 bits per heavy atom. The standard InChI is InChI=1S/C6H12N4OS/c1-2-10-5(11)8-9-6(10)12-4-3-7/h2-4,7H2,1H3,(H,8,11). The molecule has 0 spiro atoms. The summed E-state index contributed by atoms with van der Waals surface area (Å²) in [6.07, 6.45) is 0. The molecule has 1 aromatic heterocycles. The van der Waals surface area contributed by atoms with Crippen LogP contribution in [-0.2, 0) is 6.54 Å². The molecule has 0 aliphatic rings. The third kappa shape index (κ3) is 1.89. The lowest BCUT2D eigenvalue weighted by atomic mass is 10.7. The summed E-state index contributed by atoms with van der Waals surface area (Å²) >= 11 is 1.49. The van der Waals surface area contributed by atoms with Gasteiger partial charge in [0.1, 0.15) is 0 Å². The van der Waals surface area contributed by atoms with Crippen LogP contribution in [0.3, 0.4) is 0 Å².